The summed E-state index contributed by atoms with van der Waals surface area (Å²) in [6.45, 7) is 0.859. The summed E-state index contributed by atoms with van der Waals surface area (Å²) >= 11 is 0. The van der Waals surface area contributed by atoms with Gasteiger partial charge in [0.2, 0.25) is 15.9 Å². The number of hydrogen-bond donors (Lipinski definition) is 3. The average molecular weight is 649 g/mol. The molecule has 246 valence electrons. The zero-order valence-electron chi connectivity index (χ0n) is 25.7. The van der Waals surface area contributed by atoms with Crippen LogP contribution in [0.4, 0.5) is 19.3 Å². The fourth-order valence-corrected chi connectivity index (χ4v) is 9.00. The van der Waals surface area contributed by atoms with E-state index in [0.717, 1.165) is 6.42 Å². The van der Waals surface area contributed by atoms with Gasteiger partial charge in [0, 0.05) is 48.9 Å². The second-order valence-electron chi connectivity index (χ2n) is 12.2. The first-order valence-electron chi connectivity index (χ1n) is 15.5. The summed E-state index contributed by atoms with van der Waals surface area (Å²) in [6.07, 6.45) is 3.17. The number of amides is 2. The van der Waals surface area contributed by atoms with Crippen LogP contribution in [0.3, 0.4) is 0 Å². The summed E-state index contributed by atoms with van der Waals surface area (Å²) in [6, 6.07) is 8.88. The van der Waals surface area contributed by atoms with Crippen molar-refractivity contribution in [3.63, 3.8) is 0 Å². The van der Waals surface area contributed by atoms with Gasteiger partial charge < -0.3 is 25.4 Å². The molecule has 0 radical (unpaired) electrons. The molecule has 2 heterocycles. The maximum absolute atomic E-state index is 15.4. The lowest BCUT2D eigenvalue weighted by Gasteiger charge is -2.45. The Morgan fingerprint density at radius 2 is 1.82 bits per heavy atom. The molecular weight excluding hydrogens is 606 g/mol. The molecule has 10 nitrogen and oxygen atoms in total. The highest BCUT2D eigenvalue weighted by molar-refractivity contribution is 7.89. The minimum atomic E-state index is -3.42. The van der Waals surface area contributed by atoms with E-state index in [4.69, 9.17) is 9.47 Å². The number of halogens is 2. The number of anilines is 1. The number of piperazine rings is 1. The summed E-state index contributed by atoms with van der Waals surface area (Å²) in [5.74, 6) is -1.44. The third kappa shape index (κ3) is 7.32. The monoisotopic (exact) mass is 648 g/mol. The average Bonchev–Trinajstić information content (AvgIpc) is 3.15. The number of methoxy groups -OCH3 is 2. The van der Waals surface area contributed by atoms with Crippen molar-refractivity contribution in [1.29, 1.82) is 0 Å². The minimum absolute atomic E-state index is 0.0344. The molecule has 0 aromatic heterocycles. The van der Waals surface area contributed by atoms with Crippen LogP contribution in [0.5, 0.6) is 0 Å². The predicted octanol–water partition coefficient (Wildman–Crippen LogP) is 3.85. The van der Waals surface area contributed by atoms with Gasteiger partial charge in [-0.1, -0.05) is 18.2 Å². The fraction of sp³-hybridized carbons (Fsp3) is 0.562. The number of ether oxygens (including phenoxy) is 2. The standard InChI is InChI=1S/C32H42F2N4O6S/c1-43-25-14-16-32(17-15-25,21-8-10-22(33)11-9-21)29(37-31(40)44-2)30(39)36-28-7-3-6-27(34)26(28)13-12-24-19-35-23-5-4-18-45(41,42)38(24)20-23/h3,6-11,23-25,29,35H,4-5,12-20H2,1-2H3,(H,36,39)(H,37,40)/t23-,24+,25?,29-,32?/m1/s1. The van der Waals surface area contributed by atoms with Gasteiger partial charge >= 0.3 is 6.09 Å². The summed E-state index contributed by atoms with van der Waals surface area (Å²) in [4.78, 5) is 26.8. The number of nitrogens with one attached hydrogen (secondary N) is 3. The smallest absolute Gasteiger partial charge is 0.407 e. The molecule has 1 saturated carbocycles. The van der Waals surface area contributed by atoms with Crippen LogP contribution in [0, 0.1) is 11.6 Å². The van der Waals surface area contributed by atoms with Gasteiger partial charge in [-0.05, 0) is 81.2 Å². The van der Waals surface area contributed by atoms with Crippen molar-refractivity contribution in [1.82, 2.24) is 14.9 Å². The zero-order chi connectivity index (χ0) is 32.2. The van der Waals surface area contributed by atoms with Crippen molar-refractivity contribution in [3.8, 4) is 0 Å². The molecule has 2 aromatic carbocycles. The lowest BCUT2D eigenvalue weighted by molar-refractivity contribution is -0.120. The van der Waals surface area contributed by atoms with Gasteiger partial charge in [-0.25, -0.2) is 22.0 Å². The lowest BCUT2D eigenvalue weighted by Crippen LogP contribution is -2.58. The molecule has 2 aliphatic heterocycles. The fourth-order valence-electron chi connectivity index (χ4n) is 7.19. The molecule has 3 N–H and O–H groups in total. The van der Waals surface area contributed by atoms with E-state index in [9.17, 15) is 22.4 Å². The van der Waals surface area contributed by atoms with E-state index in [0.29, 0.717) is 57.2 Å². The van der Waals surface area contributed by atoms with Crippen LogP contribution in [0.15, 0.2) is 42.5 Å². The first-order chi connectivity index (χ1) is 21.6. The Kier molecular flexibility index (Phi) is 10.4. The molecule has 13 heteroatoms. The van der Waals surface area contributed by atoms with Crippen LogP contribution in [0.25, 0.3) is 0 Å². The predicted molar refractivity (Wildman–Crippen MR) is 165 cm³/mol. The van der Waals surface area contributed by atoms with Crippen molar-refractivity contribution in [2.45, 2.75) is 81.0 Å². The van der Waals surface area contributed by atoms with Crippen LogP contribution < -0.4 is 16.0 Å². The van der Waals surface area contributed by atoms with Crippen LogP contribution in [-0.4, -0.2) is 82.0 Å². The molecule has 1 aliphatic carbocycles. The van der Waals surface area contributed by atoms with E-state index in [1.807, 2.05) is 0 Å². The summed E-state index contributed by atoms with van der Waals surface area (Å²) in [5.41, 5.74) is 0.226. The number of carbonyl (C=O) groups excluding carboxylic acids is 2. The SMILES string of the molecule is COC(=O)N[C@H](C(=O)Nc1cccc(F)c1CC[C@H]1CN[C@@H]2CCCS(=O)(=O)N1C2)C1(c2ccc(F)cc2)CCC(OC)CC1. The van der Waals surface area contributed by atoms with Gasteiger partial charge in [0.1, 0.15) is 17.7 Å². The van der Waals surface area contributed by atoms with Crippen LogP contribution in [0.1, 0.15) is 56.1 Å². The van der Waals surface area contributed by atoms with E-state index < -0.39 is 45.1 Å². The topological polar surface area (TPSA) is 126 Å². The van der Waals surface area contributed by atoms with E-state index in [2.05, 4.69) is 16.0 Å². The molecule has 45 heavy (non-hydrogen) atoms. The van der Waals surface area contributed by atoms with Crippen molar-refractivity contribution in [2.24, 2.45) is 0 Å². The third-order valence-electron chi connectivity index (χ3n) is 9.71. The first kappa shape index (κ1) is 33.2. The van der Waals surface area contributed by atoms with Crippen LogP contribution in [0.2, 0.25) is 0 Å². The Morgan fingerprint density at radius 3 is 2.51 bits per heavy atom. The molecule has 3 fully saturated rings. The highest BCUT2D eigenvalue weighted by Crippen LogP contribution is 2.44. The molecular formula is C32H42F2N4O6S. The van der Waals surface area contributed by atoms with Crippen molar-refractivity contribution in [2.75, 3.05) is 38.4 Å². The quantitative estimate of drug-likeness (QED) is 0.377. The minimum Gasteiger partial charge on any atom is -0.453 e. The second-order valence-corrected chi connectivity index (χ2v) is 14.3. The van der Waals surface area contributed by atoms with E-state index >= 15 is 4.39 Å². The Hall–Kier alpha value is -3.13. The van der Waals surface area contributed by atoms with Crippen molar-refractivity contribution in [3.05, 3.63) is 65.2 Å². The number of rotatable bonds is 9. The number of benzene rings is 2. The molecule has 3 aliphatic rings. The van der Waals surface area contributed by atoms with E-state index in [1.54, 1.807) is 29.6 Å². The Morgan fingerprint density at radius 1 is 1.09 bits per heavy atom. The van der Waals surface area contributed by atoms with Gasteiger partial charge in [-0.2, -0.15) is 4.31 Å². The summed E-state index contributed by atoms with van der Waals surface area (Å²) in [7, 11) is -0.589. The highest BCUT2D eigenvalue weighted by Gasteiger charge is 2.48. The summed E-state index contributed by atoms with van der Waals surface area (Å²) in [5, 5.41) is 9.01. The molecule has 2 aromatic rings. The molecule has 2 saturated heterocycles. The van der Waals surface area contributed by atoms with Gasteiger partial charge in [-0.15, -0.1) is 0 Å². The zero-order valence-corrected chi connectivity index (χ0v) is 26.5. The van der Waals surface area contributed by atoms with Crippen LogP contribution in [-0.2, 0) is 36.1 Å². The number of hydrogen-bond acceptors (Lipinski definition) is 7. The van der Waals surface area contributed by atoms with E-state index in [-0.39, 0.29) is 41.6 Å². The molecule has 2 bridgehead atoms. The van der Waals surface area contributed by atoms with Crippen molar-refractivity contribution < 1.29 is 36.3 Å². The Bertz CT molecular complexity index is 1470. The Balaban J connectivity index is 1.42. The van der Waals surface area contributed by atoms with E-state index in [1.165, 1.54) is 31.4 Å². The molecule has 1 unspecified atom stereocenters. The third-order valence-corrected chi connectivity index (χ3v) is 11.7. The molecule has 2 amide bonds. The van der Waals surface area contributed by atoms with Gasteiger partial charge in [-0.3, -0.25) is 4.79 Å². The molecule has 5 rings (SSSR count). The van der Waals surface area contributed by atoms with Gasteiger partial charge in [0.25, 0.3) is 0 Å². The largest absolute Gasteiger partial charge is 0.453 e. The highest BCUT2D eigenvalue weighted by atomic mass is 32.2. The maximum Gasteiger partial charge on any atom is 0.407 e. The number of fused-ring (bicyclic) bond motifs is 2. The summed E-state index contributed by atoms with van der Waals surface area (Å²) < 4.78 is 67.2. The number of carbonyl (C=O) groups is 2. The van der Waals surface area contributed by atoms with Crippen LogP contribution >= 0.6 is 0 Å². The molecule has 0 spiro atoms. The molecule has 4 atom stereocenters. The normalized spacial score (nSPS) is 28.4. The first-order valence-corrected chi connectivity index (χ1v) is 17.1. The van der Waals surface area contributed by atoms with Crippen molar-refractivity contribution >= 4 is 27.7 Å². The maximum atomic E-state index is 15.4. The van der Waals surface area contributed by atoms with Gasteiger partial charge in [0.05, 0.1) is 19.0 Å². The van der Waals surface area contributed by atoms with Gasteiger partial charge in [0.15, 0.2) is 0 Å². The Labute approximate surface area is 263 Å². The number of sulfonamides is 1. The lowest BCUT2D eigenvalue weighted by atomic mass is 9.64. The number of alkyl carbamates (subject to hydrolysis) is 1. The number of nitrogens with zero attached hydrogens (tertiary/aromatic N) is 1. The second kappa shape index (κ2) is 14.1.